The number of carbonyl (C=O) groups is 2. The van der Waals surface area contributed by atoms with Gasteiger partial charge < -0.3 is 14.7 Å². The van der Waals surface area contributed by atoms with Gasteiger partial charge in [-0.1, -0.05) is 17.3 Å². The normalized spacial score (nSPS) is 14.4. The number of carbonyl (C=O) groups excluding carboxylic acids is 2. The number of pyridine rings is 1. The van der Waals surface area contributed by atoms with E-state index >= 15 is 0 Å². The number of likely N-dealkylation sites (tertiary alicyclic amines) is 1. The molecule has 9 heteroatoms. The molecule has 3 aromatic rings. The monoisotopic (exact) mass is 423 g/mol. The van der Waals surface area contributed by atoms with E-state index in [1.807, 2.05) is 6.07 Å². The summed E-state index contributed by atoms with van der Waals surface area (Å²) in [7, 11) is 0. The second-order valence-electron chi connectivity index (χ2n) is 7.37. The van der Waals surface area contributed by atoms with Gasteiger partial charge in [-0.3, -0.25) is 14.6 Å². The number of benzene rings is 1. The topological polar surface area (TPSA) is 101 Å². The molecule has 8 nitrogen and oxygen atoms in total. The molecule has 160 valence electrons. The van der Waals surface area contributed by atoms with Gasteiger partial charge in [-0.15, -0.1) is 0 Å². The summed E-state index contributed by atoms with van der Waals surface area (Å²) in [5.74, 6) is -0.117. The highest BCUT2D eigenvalue weighted by Gasteiger charge is 2.26. The van der Waals surface area contributed by atoms with Gasteiger partial charge in [-0.25, -0.2) is 4.39 Å². The van der Waals surface area contributed by atoms with Crippen molar-refractivity contribution in [3.8, 4) is 11.4 Å². The van der Waals surface area contributed by atoms with Crippen molar-refractivity contribution in [2.45, 2.75) is 31.7 Å². The molecule has 0 unspecified atom stereocenters. The van der Waals surface area contributed by atoms with E-state index in [1.54, 1.807) is 35.5 Å². The maximum atomic E-state index is 13.8. The van der Waals surface area contributed by atoms with Crippen LogP contribution in [-0.4, -0.2) is 51.0 Å². The molecule has 3 heterocycles. The van der Waals surface area contributed by atoms with Crippen molar-refractivity contribution in [1.82, 2.24) is 25.3 Å². The lowest BCUT2D eigenvalue weighted by Crippen LogP contribution is -2.46. The third-order valence-electron chi connectivity index (χ3n) is 5.21. The molecule has 1 saturated heterocycles. The number of aryl methyl sites for hydroxylation is 1. The molecular weight excluding hydrogens is 401 g/mol. The Morgan fingerprint density at radius 2 is 1.97 bits per heavy atom. The predicted molar refractivity (Wildman–Crippen MR) is 109 cm³/mol. The Morgan fingerprint density at radius 1 is 1.16 bits per heavy atom. The molecule has 2 amide bonds. The second kappa shape index (κ2) is 9.46. The van der Waals surface area contributed by atoms with E-state index in [0.717, 1.165) is 5.56 Å². The maximum absolute atomic E-state index is 13.8. The summed E-state index contributed by atoms with van der Waals surface area (Å²) < 4.78 is 19.0. The quantitative estimate of drug-likeness (QED) is 0.654. The Balaban J connectivity index is 1.22. The first kappa shape index (κ1) is 20.6. The fraction of sp³-hybridized carbons (Fsp3) is 0.318. The number of nitrogens with zero attached hydrogens (tertiary/aromatic N) is 4. The number of halogens is 1. The van der Waals surface area contributed by atoms with Gasteiger partial charge in [0, 0.05) is 49.9 Å². The maximum Gasteiger partial charge on any atom is 0.256 e. The first-order valence-electron chi connectivity index (χ1n) is 10.2. The molecular formula is C22H22FN5O3. The standard InChI is InChI=1S/C22H22FN5O3/c23-18-6-2-1-5-17(18)22(30)28-12-9-16(10-13-28)25-19(29)7-8-20-26-21(27-31-20)15-4-3-11-24-14-15/h1-6,11,14,16H,7-10,12-13H2,(H,25,29). The van der Waals surface area contributed by atoms with Crippen molar-refractivity contribution in [1.29, 1.82) is 0 Å². The van der Waals surface area contributed by atoms with Crippen LogP contribution in [0.2, 0.25) is 0 Å². The van der Waals surface area contributed by atoms with Gasteiger partial charge in [-0.05, 0) is 37.1 Å². The van der Waals surface area contributed by atoms with E-state index in [-0.39, 0.29) is 29.8 Å². The largest absolute Gasteiger partial charge is 0.353 e. The molecule has 1 aliphatic rings. The van der Waals surface area contributed by atoms with E-state index in [2.05, 4.69) is 20.4 Å². The van der Waals surface area contributed by atoms with Crippen molar-refractivity contribution in [3.63, 3.8) is 0 Å². The predicted octanol–water partition coefficient (Wildman–Crippen LogP) is 2.62. The van der Waals surface area contributed by atoms with E-state index < -0.39 is 5.82 Å². The van der Waals surface area contributed by atoms with Crippen molar-refractivity contribution in [2.75, 3.05) is 13.1 Å². The van der Waals surface area contributed by atoms with Crippen molar-refractivity contribution in [2.24, 2.45) is 0 Å². The zero-order valence-corrected chi connectivity index (χ0v) is 16.8. The van der Waals surface area contributed by atoms with Crippen LogP contribution in [0.15, 0.2) is 53.3 Å². The number of rotatable bonds is 6. The summed E-state index contributed by atoms with van der Waals surface area (Å²) >= 11 is 0. The van der Waals surface area contributed by atoms with Gasteiger partial charge in [0.15, 0.2) is 0 Å². The van der Waals surface area contributed by atoms with E-state index in [4.69, 9.17) is 4.52 Å². The number of nitrogens with one attached hydrogen (secondary N) is 1. The average Bonchev–Trinajstić information content (AvgIpc) is 3.28. The average molecular weight is 423 g/mol. The third-order valence-corrected chi connectivity index (χ3v) is 5.21. The van der Waals surface area contributed by atoms with Gasteiger partial charge in [0.25, 0.3) is 5.91 Å². The molecule has 1 aliphatic heterocycles. The molecule has 0 saturated carbocycles. The van der Waals surface area contributed by atoms with Crippen LogP contribution in [0, 0.1) is 5.82 Å². The SMILES string of the molecule is O=C(CCc1nc(-c2cccnc2)no1)NC1CCN(C(=O)c2ccccc2F)CC1. The summed E-state index contributed by atoms with van der Waals surface area (Å²) in [6.07, 6.45) is 5.11. The molecule has 1 aromatic carbocycles. The van der Waals surface area contributed by atoms with Crippen LogP contribution in [0.3, 0.4) is 0 Å². The Morgan fingerprint density at radius 3 is 2.71 bits per heavy atom. The zero-order valence-electron chi connectivity index (χ0n) is 16.8. The molecule has 4 rings (SSSR count). The van der Waals surface area contributed by atoms with Crippen LogP contribution < -0.4 is 5.32 Å². The van der Waals surface area contributed by atoms with Crippen LogP contribution in [-0.2, 0) is 11.2 Å². The smallest absolute Gasteiger partial charge is 0.256 e. The van der Waals surface area contributed by atoms with Crippen LogP contribution in [0.1, 0.15) is 35.5 Å². The van der Waals surface area contributed by atoms with Crippen LogP contribution in [0.5, 0.6) is 0 Å². The highest BCUT2D eigenvalue weighted by atomic mass is 19.1. The summed E-state index contributed by atoms with van der Waals surface area (Å²) in [6, 6.07) is 9.57. The first-order chi connectivity index (χ1) is 15.1. The molecule has 2 aromatic heterocycles. The minimum Gasteiger partial charge on any atom is -0.353 e. The Hall–Kier alpha value is -3.62. The first-order valence-corrected chi connectivity index (χ1v) is 10.2. The Kier molecular flexibility index (Phi) is 6.30. The van der Waals surface area contributed by atoms with E-state index in [0.29, 0.717) is 44.1 Å². The van der Waals surface area contributed by atoms with Crippen molar-refractivity contribution < 1.29 is 18.5 Å². The van der Waals surface area contributed by atoms with Crippen LogP contribution >= 0.6 is 0 Å². The lowest BCUT2D eigenvalue weighted by atomic mass is 10.0. The fourth-order valence-corrected chi connectivity index (χ4v) is 3.52. The number of piperidine rings is 1. The summed E-state index contributed by atoms with van der Waals surface area (Å²) in [5.41, 5.74) is 0.828. The number of aromatic nitrogens is 3. The lowest BCUT2D eigenvalue weighted by molar-refractivity contribution is -0.122. The van der Waals surface area contributed by atoms with Crippen LogP contribution in [0.4, 0.5) is 4.39 Å². The fourth-order valence-electron chi connectivity index (χ4n) is 3.52. The minimum absolute atomic E-state index is 0.0224. The highest BCUT2D eigenvalue weighted by Crippen LogP contribution is 2.17. The number of hydrogen-bond acceptors (Lipinski definition) is 6. The van der Waals surface area contributed by atoms with E-state index in [9.17, 15) is 14.0 Å². The number of amides is 2. The number of hydrogen-bond donors (Lipinski definition) is 1. The summed E-state index contributed by atoms with van der Waals surface area (Å²) in [4.78, 5) is 34.7. The van der Waals surface area contributed by atoms with Gasteiger partial charge in [0.1, 0.15) is 5.82 Å². The summed E-state index contributed by atoms with van der Waals surface area (Å²) in [6.45, 7) is 0.937. The molecule has 1 N–H and O–H groups in total. The van der Waals surface area contributed by atoms with Crippen LogP contribution in [0.25, 0.3) is 11.4 Å². The van der Waals surface area contributed by atoms with Gasteiger partial charge in [0.2, 0.25) is 17.6 Å². The second-order valence-corrected chi connectivity index (χ2v) is 7.37. The molecule has 0 radical (unpaired) electrons. The molecule has 0 bridgehead atoms. The molecule has 1 fully saturated rings. The van der Waals surface area contributed by atoms with Gasteiger partial charge >= 0.3 is 0 Å². The minimum atomic E-state index is -0.518. The molecule has 0 atom stereocenters. The molecule has 0 spiro atoms. The Labute approximate surface area is 178 Å². The lowest BCUT2D eigenvalue weighted by Gasteiger charge is -2.32. The molecule has 31 heavy (non-hydrogen) atoms. The Bertz CT molecular complexity index is 1050. The van der Waals surface area contributed by atoms with Crippen molar-refractivity contribution >= 4 is 11.8 Å². The van der Waals surface area contributed by atoms with Gasteiger partial charge in [0.05, 0.1) is 5.56 Å². The third kappa shape index (κ3) is 5.11. The zero-order chi connectivity index (χ0) is 21.6. The van der Waals surface area contributed by atoms with Gasteiger partial charge in [-0.2, -0.15) is 4.98 Å². The summed E-state index contributed by atoms with van der Waals surface area (Å²) in [5, 5.41) is 6.90. The van der Waals surface area contributed by atoms with Crippen molar-refractivity contribution in [3.05, 3.63) is 66.1 Å². The highest BCUT2D eigenvalue weighted by molar-refractivity contribution is 5.94. The molecule has 0 aliphatic carbocycles. The van der Waals surface area contributed by atoms with E-state index in [1.165, 1.54) is 12.1 Å².